The van der Waals surface area contributed by atoms with E-state index in [1.807, 2.05) is 38.1 Å². The van der Waals surface area contributed by atoms with Gasteiger partial charge in [-0.05, 0) is 24.0 Å². The Hall–Kier alpha value is -1.43. The molecular weight excluding hydrogens is 304 g/mol. The van der Waals surface area contributed by atoms with Crippen LogP contribution in [0, 0.1) is 11.3 Å². The molecule has 1 aromatic rings. The molecule has 5 heteroatoms. The zero-order chi connectivity index (χ0) is 17.4. The zero-order valence-electron chi connectivity index (χ0n) is 14.8. The van der Waals surface area contributed by atoms with E-state index in [1.165, 1.54) is 0 Å². The Labute approximate surface area is 143 Å². The molecule has 24 heavy (non-hydrogen) atoms. The highest BCUT2D eigenvalue weighted by molar-refractivity contribution is 5.89. The molecule has 3 rings (SSSR count). The highest BCUT2D eigenvalue weighted by Gasteiger charge is 2.70. The summed E-state index contributed by atoms with van der Waals surface area (Å²) in [4.78, 5) is 12.9. The lowest BCUT2D eigenvalue weighted by molar-refractivity contribution is -0.225. The first-order valence-electron chi connectivity index (χ1n) is 8.67. The summed E-state index contributed by atoms with van der Waals surface area (Å²) in [5.74, 6) is 0.0296. The maximum atomic E-state index is 12.9. The van der Waals surface area contributed by atoms with Gasteiger partial charge in [-0.3, -0.25) is 4.79 Å². The van der Waals surface area contributed by atoms with Gasteiger partial charge in [-0.2, -0.15) is 0 Å². The van der Waals surface area contributed by atoms with Gasteiger partial charge in [-0.1, -0.05) is 38.1 Å². The third-order valence-electron chi connectivity index (χ3n) is 5.92. The molecule has 2 aliphatic rings. The van der Waals surface area contributed by atoms with Gasteiger partial charge in [-0.25, -0.2) is 0 Å². The fraction of sp³-hybridized carbons (Fsp3) is 0.632. The summed E-state index contributed by atoms with van der Waals surface area (Å²) in [6.45, 7) is 5.85. The zero-order valence-corrected chi connectivity index (χ0v) is 14.8. The van der Waals surface area contributed by atoms with Crippen molar-refractivity contribution >= 4 is 5.91 Å². The van der Waals surface area contributed by atoms with Gasteiger partial charge in [0.1, 0.15) is 5.54 Å². The lowest BCUT2D eigenvalue weighted by atomic mass is 9.46. The predicted molar refractivity (Wildman–Crippen MR) is 92.2 cm³/mol. The molecule has 2 fully saturated rings. The predicted octanol–water partition coefficient (Wildman–Crippen LogP) is 1.98. The largest absolute Gasteiger partial charge is 0.380 e. The Morgan fingerprint density at radius 2 is 2.08 bits per heavy atom. The van der Waals surface area contributed by atoms with E-state index in [-0.39, 0.29) is 23.3 Å². The van der Waals surface area contributed by atoms with E-state index < -0.39 is 5.54 Å². The van der Waals surface area contributed by atoms with Crippen LogP contribution in [0.3, 0.4) is 0 Å². The maximum absolute atomic E-state index is 12.9. The van der Waals surface area contributed by atoms with Crippen LogP contribution in [0.25, 0.3) is 0 Å². The van der Waals surface area contributed by atoms with Gasteiger partial charge in [0, 0.05) is 31.6 Å². The minimum Gasteiger partial charge on any atom is -0.380 e. The molecule has 1 aromatic carbocycles. The average Bonchev–Trinajstić information content (AvgIpc) is 2.60. The number of hydrogen-bond acceptors (Lipinski definition) is 4. The molecule has 1 saturated carbocycles. The molecule has 0 aromatic heterocycles. The number of amides is 1. The van der Waals surface area contributed by atoms with Crippen molar-refractivity contribution < 1.29 is 14.3 Å². The van der Waals surface area contributed by atoms with Gasteiger partial charge in [0.25, 0.3) is 0 Å². The second-order valence-electron chi connectivity index (χ2n) is 7.52. The molecule has 5 nitrogen and oxygen atoms in total. The average molecular weight is 332 g/mol. The number of hydrogen-bond donors (Lipinski definition) is 2. The van der Waals surface area contributed by atoms with Gasteiger partial charge in [0.2, 0.25) is 5.91 Å². The van der Waals surface area contributed by atoms with Gasteiger partial charge in [0.15, 0.2) is 0 Å². The van der Waals surface area contributed by atoms with Gasteiger partial charge < -0.3 is 20.5 Å². The van der Waals surface area contributed by atoms with Crippen LogP contribution in [0.15, 0.2) is 24.3 Å². The molecular formula is C19H28N2O3. The molecule has 1 amide bonds. The standard InChI is InChI=1S/C19H28N2O3/c1-18(2)16-15(9-6-10-24-16)19(18,20)17(22)21-11-13-7-4-5-8-14(13)12-23-3/h4-5,7-8,15-16H,6,9-12,20H2,1-3H3,(H,21,22). The number of ether oxygens (including phenoxy) is 2. The number of nitrogens with one attached hydrogen (secondary N) is 1. The highest BCUT2D eigenvalue weighted by atomic mass is 16.5. The molecule has 0 bridgehead atoms. The topological polar surface area (TPSA) is 73.6 Å². The number of carbonyl (C=O) groups is 1. The number of rotatable bonds is 5. The molecule has 1 aliphatic heterocycles. The van der Waals surface area contributed by atoms with Gasteiger partial charge in [-0.15, -0.1) is 0 Å². The molecule has 1 saturated heterocycles. The summed E-state index contributed by atoms with van der Waals surface area (Å²) in [5.41, 5.74) is 7.54. The Balaban J connectivity index is 1.71. The molecule has 0 radical (unpaired) electrons. The first kappa shape index (κ1) is 17.4. The number of carbonyl (C=O) groups excluding carboxylic acids is 1. The Kier molecular flexibility index (Phi) is 4.69. The molecule has 132 valence electrons. The summed E-state index contributed by atoms with van der Waals surface area (Å²) >= 11 is 0. The fourth-order valence-corrected chi connectivity index (χ4v) is 4.38. The molecule has 0 spiro atoms. The van der Waals surface area contributed by atoms with Crippen LogP contribution >= 0.6 is 0 Å². The van der Waals surface area contributed by atoms with E-state index in [0.717, 1.165) is 30.6 Å². The van der Waals surface area contributed by atoms with E-state index in [4.69, 9.17) is 15.2 Å². The normalized spacial score (nSPS) is 31.0. The van der Waals surface area contributed by atoms with Crippen molar-refractivity contribution in [1.29, 1.82) is 0 Å². The molecule has 3 atom stereocenters. The number of fused-ring (bicyclic) bond motifs is 1. The summed E-state index contributed by atoms with van der Waals surface area (Å²) in [6.07, 6.45) is 2.01. The third kappa shape index (κ3) is 2.55. The molecule has 1 aliphatic carbocycles. The van der Waals surface area contributed by atoms with Crippen LogP contribution in [0.4, 0.5) is 0 Å². The maximum Gasteiger partial charge on any atom is 0.241 e. The summed E-state index contributed by atoms with van der Waals surface area (Å²) < 4.78 is 11.1. The van der Waals surface area contributed by atoms with Crippen molar-refractivity contribution in [2.45, 2.75) is 51.5 Å². The van der Waals surface area contributed by atoms with Crippen LogP contribution < -0.4 is 11.1 Å². The third-order valence-corrected chi connectivity index (χ3v) is 5.92. The second-order valence-corrected chi connectivity index (χ2v) is 7.52. The van der Waals surface area contributed by atoms with Crippen molar-refractivity contribution in [1.82, 2.24) is 5.32 Å². The number of nitrogens with two attached hydrogens (primary N) is 1. The van der Waals surface area contributed by atoms with Crippen molar-refractivity contribution in [2.75, 3.05) is 13.7 Å². The van der Waals surface area contributed by atoms with Gasteiger partial charge >= 0.3 is 0 Å². The second kappa shape index (κ2) is 6.47. The minimum absolute atomic E-state index is 0.0773. The quantitative estimate of drug-likeness (QED) is 0.865. The number of methoxy groups -OCH3 is 1. The van der Waals surface area contributed by atoms with Crippen LogP contribution in [0.5, 0.6) is 0 Å². The van der Waals surface area contributed by atoms with Crippen molar-refractivity contribution in [3.63, 3.8) is 0 Å². The van der Waals surface area contributed by atoms with Gasteiger partial charge in [0.05, 0.1) is 12.7 Å². The minimum atomic E-state index is -0.867. The van der Waals surface area contributed by atoms with Crippen LogP contribution in [-0.2, 0) is 27.4 Å². The smallest absolute Gasteiger partial charge is 0.241 e. The van der Waals surface area contributed by atoms with Crippen LogP contribution in [0.1, 0.15) is 37.8 Å². The lowest BCUT2D eigenvalue weighted by Crippen LogP contribution is -2.82. The summed E-state index contributed by atoms with van der Waals surface area (Å²) in [5, 5.41) is 3.05. The highest BCUT2D eigenvalue weighted by Crippen LogP contribution is 2.57. The Morgan fingerprint density at radius 3 is 2.79 bits per heavy atom. The molecule has 1 heterocycles. The monoisotopic (exact) mass is 332 g/mol. The number of benzene rings is 1. The van der Waals surface area contributed by atoms with E-state index in [9.17, 15) is 4.79 Å². The fourth-order valence-electron chi connectivity index (χ4n) is 4.38. The van der Waals surface area contributed by atoms with E-state index in [0.29, 0.717) is 13.2 Å². The lowest BCUT2D eigenvalue weighted by Gasteiger charge is -2.65. The van der Waals surface area contributed by atoms with Crippen molar-refractivity contribution in [3.05, 3.63) is 35.4 Å². The van der Waals surface area contributed by atoms with Crippen molar-refractivity contribution in [3.8, 4) is 0 Å². The Bertz CT molecular complexity index is 616. The van der Waals surface area contributed by atoms with Crippen molar-refractivity contribution in [2.24, 2.45) is 17.1 Å². The summed E-state index contributed by atoms with van der Waals surface area (Å²) in [6, 6.07) is 7.97. The van der Waals surface area contributed by atoms with E-state index in [1.54, 1.807) is 7.11 Å². The molecule has 3 unspecified atom stereocenters. The molecule has 3 N–H and O–H groups in total. The Morgan fingerprint density at radius 1 is 1.38 bits per heavy atom. The van der Waals surface area contributed by atoms with E-state index >= 15 is 0 Å². The SMILES string of the molecule is COCc1ccccc1CNC(=O)C1(N)C2CCCOC2C1(C)C. The van der Waals surface area contributed by atoms with E-state index in [2.05, 4.69) is 5.32 Å². The first-order chi connectivity index (χ1) is 11.4. The van der Waals surface area contributed by atoms with Crippen LogP contribution in [0.2, 0.25) is 0 Å². The summed E-state index contributed by atoms with van der Waals surface area (Å²) in [7, 11) is 1.67. The first-order valence-corrected chi connectivity index (χ1v) is 8.67. The van der Waals surface area contributed by atoms with Crippen LogP contribution in [-0.4, -0.2) is 31.3 Å².